The standard InChI is InChI=1S/C19H21F3N2O3/c1-12-4-7-17(13(2)8-12)26-10-18(25)24-14(3)16-6-5-15(9-23-16)27-11-19(20,21)22/h4-9,14H,10-11H2,1-3H3,(H,24,25)/t14-/m1/s1. The Morgan fingerprint density at radius 2 is 1.93 bits per heavy atom. The molecule has 146 valence electrons. The van der Waals surface area contributed by atoms with Crippen molar-refractivity contribution in [2.24, 2.45) is 0 Å². The second kappa shape index (κ2) is 8.75. The van der Waals surface area contributed by atoms with Crippen molar-refractivity contribution in [3.05, 3.63) is 53.3 Å². The largest absolute Gasteiger partial charge is 0.484 e. The zero-order chi connectivity index (χ0) is 20.0. The molecule has 0 fully saturated rings. The first kappa shape index (κ1) is 20.5. The van der Waals surface area contributed by atoms with Crippen LogP contribution >= 0.6 is 0 Å². The number of hydrogen-bond acceptors (Lipinski definition) is 4. The number of hydrogen-bond donors (Lipinski definition) is 1. The Hall–Kier alpha value is -2.77. The van der Waals surface area contributed by atoms with E-state index in [9.17, 15) is 18.0 Å². The Bertz CT molecular complexity index is 777. The minimum atomic E-state index is -4.41. The number of carbonyl (C=O) groups excluding carboxylic acids is 1. The van der Waals surface area contributed by atoms with Crippen LogP contribution in [0.5, 0.6) is 11.5 Å². The van der Waals surface area contributed by atoms with Crippen LogP contribution in [0.2, 0.25) is 0 Å². The van der Waals surface area contributed by atoms with Gasteiger partial charge < -0.3 is 14.8 Å². The molecule has 2 rings (SSSR count). The quantitative estimate of drug-likeness (QED) is 0.789. The van der Waals surface area contributed by atoms with Crippen LogP contribution in [0, 0.1) is 13.8 Å². The van der Waals surface area contributed by atoms with Gasteiger partial charge in [0.15, 0.2) is 13.2 Å². The summed E-state index contributed by atoms with van der Waals surface area (Å²) >= 11 is 0. The SMILES string of the molecule is Cc1ccc(OCC(=O)N[C@H](C)c2ccc(OCC(F)(F)F)cn2)c(C)c1. The minimum Gasteiger partial charge on any atom is -0.484 e. The molecule has 0 unspecified atom stereocenters. The van der Waals surface area contributed by atoms with E-state index in [1.165, 1.54) is 18.3 Å². The number of aromatic nitrogens is 1. The molecule has 1 amide bonds. The van der Waals surface area contributed by atoms with E-state index in [0.717, 1.165) is 11.1 Å². The summed E-state index contributed by atoms with van der Waals surface area (Å²) in [4.78, 5) is 16.1. The smallest absolute Gasteiger partial charge is 0.422 e. The normalized spacial score (nSPS) is 12.4. The summed E-state index contributed by atoms with van der Waals surface area (Å²) in [6.45, 7) is 4.05. The van der Waals surface area contributed by atoms with E-state index in [4.69, 9.17) is 4.74 Å². The van der Waals surface area contributed by atoms with Gasteiger partial charge in [0.25, 0.3) is 5.91 Å². The molecule has 0 aliphatic heterocycles. The van der Waals surface area contributed by atoms with Crippen LogP contribution in [0.25, 0.3) is 0 Å². The van der Waals surface area contributed by atoms with Gasteiger partial charge in [-0.2, -0.15) is 13.2 Å². The number of benzene rings is 1. The molecule has 1 aromatic heterocycles. The van der Waals surface area contributed by atoms with Gasteiger partial charge in [-0.3, -0.25) is 9.78 Å². The molecule has 0 saturated heterocycles. The van der Waals surface area contributed by atoms with Crippen molar-refractivity contribution in [1.82, 2.24) is 10.3 Å². The van der Waals surface area contributed by atoms with Crippen molar-refractivity contribution in [3.63, 3.8) is 0 Å². The van der Waals surface area contributed by atoms with Gasteiger partial charge in [0, 0.05) is 0 Å². The molecule has 1 aromatic carbocycles. The highest BCUT2D eigenvalue weighted by Gasteiger charge is 2.28. The number of nitrogens with zero attached hydrogens (tertiary/aromatic N) is 1. The number of ether oxygens (including phenoxy) is 2. The Morgan fingerprint density at radius 3 is 2.52 bits per heavy atom. The fourth-order valence-corrected chi connectivity index (χ4v) is 2.36. The van der Waals surface area contributed by atoms with Gasteiger partial charge in [0.1, 0.15) is 11.5 Å². The maximum absolute atomic E-state index is 12.1. The topological polar surface area (TPSA) is 60.5 Å². The van der Waals surface area contributed by atoms with E-state index in [1.54, 1.807) is 6.92 Å². The van der Waals surface area contributed by atoms with Crippen LogP contribution in [-0.2, 0) is 4.79 Å². The van der Waals surface area contributed by atoms with E-state index in [1.807, 2.05) is 32.0 Å². The fraction of sp³-hybridized carbons (Fsp3) is 0.368. The van der Waals surface area contributed by atoms with Gasteiger partial charge >= 0.3 is 6.18 Å². The lowest BCUT2D eigenvalue weighted by atomic mass is 10.1. The lowest BCUT2D eigenvalue weighted by molar-refractivity contribution is -0.153. The minimum absolute atomic E-state index is 0.00720. The van der Waals surface area contributed by atoms with E-state index >= 15 is 0 Å². The van der Waals surface area contributed by atoms with Crippen LogP contribution in [0.15, 0.2) is 36.5 Å². The molecule has 0 saturated carbocycles. The molecule has 1 N–H and O–H groups in total. The highest BCUT2D eigenvalue weighted by molar-refractivity contribution is 5.78. The van der Waals surface area contributed by atoms with Gasteiger partial charge in [-0.15, -0.1) is 0 Å². The fourth-order valence-electron chi connectivity index (χ4n) is 2.36. The van der Waals surface area contributed by atoms with E-state index < -0.39 is 18.8 Å². The molecule has 1 atom stereocenters. The number of aryl methyl sites for hydroxylation is 2. The average molecular weight is 382 g/mol. The lowest BCUT2D eigenvalue weighted by Gasteiger charge is -2.15. The monoisotopic (exact) mass is 382 g/mol. The van der Waals surface area contributed by atoms with Crippen LogP contribution in [0.4, 0.5) is 13.2 Å². The number of carbonyl (C=O) groups is 1. The van der Waals surface area contributed by atoms with E-state index in [2.05, 4.69) is 15.0 Å². The van der Waals surface area contributed by atoms with Crippen LogP contribution in [-0.4, -0.2) is 30.3 Å². The number of rotatable bonds is 7. The summed E-state index contributed by atoms with van der Waals surface area (Å²) < 4.78 is 46.5. The summed E-state index contributed by atoms with van der Waals surface area (Å²) in [5.41, 5.74) is 2.54. The number of alkyl halides is 3. The molecule has 0 radical (unpaired) electrons. The van der Waals surface area contributed by atoms with E-state index in [-0.39, 0.29) is 18.3 Å². The van der Waals surface area contributed by atoms with Gasteiger partial charge in [-0.1, -0.05) is 17.7 Å². The molecular weight excluding hydrogens is 361 g/mol. The third-order valence-corrected chi connectivity index (χ3v) is 3.67. The van der Waals surface area contributed by atoms with Crippen LogP contribution < -0.4 is 14.8 Å². The molecule has 5 nitrogen and oxygen atoms in total. The second-order valence-electron chi connectivity index (χ2n) is 6.17. The first-order valence-electron chi connectivity index (χ1n) is 8.29. The van der Waals surface area contributed by atoms with Crippen molar-refractivity contribution in [2.45, 2.75) is 33.0 Å². The highest BCUT2D eigenvalue weighted by Crippen LogP contribution is 2.20. The first-order chi connectivity index (χ1) is 12.6. The van der Waals surface area contributed by atoms with Gasteiger partial charge in [0.2, 0.25) is 0 Å². The number of nitrogens with one attached hydrogen (secondary N) is 1. The van der Waals surface area contributed by atoms with E-state index in [0.29, 0.717) is 11.4 Å². The summed E-state index contributed by atoms with van der Waals surface area (Å²) in [5, 5.41) is 2.73. The van der Waals surface area contributed by atoms with Crippen LogP contribution in [0.1, 0.15) is 29.8 Å². The third kappa shape index (κ3) is 6.80. The van der Waals surface area contributed by atoms with Gasteiger partial charge in [0.05, 0.1) is 17.9 Å². The Morgan fingerprint density at radius 1 is 1.19 bits per heavy atom. The molecule has 0 bridgehead atoms. The van der Waals surface area contributed by atoms with Gasteiger partial charge in [-0.25, -0.2) is 0 Å². The Labute approximate surface area is 155 Å². The van der Waals surface area contributed by atoms with Crippen molar-refractivity contribution in [3.8, 4) is 11.5 Å². The zero-order valence-corrected chi connectivity index (χ0v) is 15.3. The first-order valence-corrected chi connectivity index (χ1v) is 8.29. The van der Waals surface area contributed by atoms with Crippen molar-refractivity contribution >= 4 is 5.91 Å². The molecule has 27 heavy (non-hydrogen) atoms. The zero-order valence-electron chi connectivity index (χ0n) is 15.3. The average Bonchev–Trinajstić information content (AvgIpc) is 2.59. The van der Waals surface area contributed by atoms with Gasteiger partial charge in [-0.05, 0) is 44.5 Å². The summed E-state index contributed by atoms with van der Waals surface area (Å²) in [6.07, 6.45) is -3.22. The van der Waals surface area contributed by atoms with Crippen molar-refractivity contribution in [1.29, 1.82) is 0 Å². The van der Waals surface area contributed by atoms with Crippen molar-refractivity contribution < 1.29 is 27.4 Å². The number of amides is 1. The summed E-state index contributed by atoms with van der Waals surface area (Å²) in [7, 11) is 0. The molecule has 8 heteroatoms. The Kier molecular flexibility index (Phi) is 6.65. The molecule has 0 aliphatic rings. The predicted octanol–water partition coefficient (Wildman–Crippen LogP) is 3.90. The maximum Gasteiger partial charge on any atom is 0.422 e. The maximum atomic E-state index is 12.1. The van der Waals surface area contributed by atoms with Crippen LogP contribution in [0.3, 0.4) is 0 Å². The second-order valence-corrected chi connectivity index (χ2v) is 6.17. The molecular formula is C19H21F3N2O3. The molecule has 0 aliphatic carbocycles. The molecule has 1 heterocycles. The lowest BCUT2D eigenvalue weighted by Crippen LogP contribution is -2.31. The van der Waals surface area contributed by atoms with Crippen molar-refractivity contribution in [2.75, 3.05) is 13.2 Å². The predicted molar refractivity (Wildman–Crippen MR) is 93.8 cm³/mol. The molecule has 2 aromatic rings. The number of halogens is 3. The molecule has 0 spiro atoms. The Balaban J connectivity index is 1.84. The summed E-state index contributed by atoms with van der Waals surface area (Å²) in [5.74, 6) is 0.308. The highest BCUT2D eigenvalue weighted by atomic mass is 19.4. The number of pyridine rings is 1. The summed E-state index contributed by atoms with van der Waals surface area (Å²) in [6, 6.07) is 8.11. The third-order valence-electron chi connectivity index (χ3n) is 3.67.